The number of hydrogen-bond donors (Lipinski definition) is 4. The number of nitrogens with one attached hydrogen (secondary N) is 4. The third-order valence-electron chi connectivity index (χ3n) is 16.7. The van der Waals surface area contributed by atoms with E-state index in [1.807, 2.05) is 62.0 Å². The van der Waals surface area contributed by atoms with Crippen molar-refractivity contribution >= 4 is 95.1 Å². The van der Waals surface area contributed by atoms with Crippen LogP contribution in [-0.4, -0.2) is 195 Å². The summed E-state index contributed by atoms with van der Waals surface area (Å²) < 4.78 is 99.4. The van der Waals surface area contributed by atoms with Gasteiger partial charge in [-0.25, -0.2) is 42.3 Å². The van der Waals surface area contributed by atoms with E-state index in [-0.39, 0.29) is 6.04 Å². The lowest BCUT2D eigenvalue weighted by atomic mass is 9.86. The highest BCUT2D eigenvalue weighted by Crippen LogP contribution is 2.38. The quantitative estimate of drug-likeness (QED) is 0.110. The van der Waals surface area contributed by atoms with Crippen LogP contribution >= 0.6 is 0 Å². The Kier molecular flexibility index (Phi) is 18.2. The number of aromatic amines is 4. The predicted molar refractivity (Wildman–Crippen MR) is 338 cm³/mol. The first-order valence-electron chi connectivity index (χ1n) is 28.5. The topological polar surface area (TPSA) is 271 Å². The Morgan fingerprint density at radius 3 is 1.38 bits per heavy atom. The number of nitrogens with zero attached hydrogens (tertiary/aromatic N) is 10. The van der Waals surface area contributed by atoms with Crippen LogP contribution in [0.2, 0.25) is 0 Å². The van der Waals surface area contributed by atoms with E-state index < -0.39 is 40.1 Å². The summed E-state index contributed by atoms with van der Waals surface area (Å²) in [4.78, 5) is 4.46. The second-order valence-corrected chi connectivity index (χ2v) is 30.7. The largest absolute Gasteiger partial charge is 0.368 e. The number of piperazine rings is 2. The van der Waals surface area contributed by atoms with Crippen LogP contribution in [0.4, 0.5) is 11.4 Å². The van der Waals surface area contributed by atoms with Gasteiger partial charge in [0.15, 0.2) is 0 Å². The Bertz CT molecular complexity index is 4130. The van der Waals surface area contributed by atoms with Gasteiger partial charge in [-0.2, -0.15) is 29.0 Å². The van der Waals surface area contributed by atoms with Crippen molar-refractivity contribution in [3.8, 4) is 11.1 Å². The number of hydrogen-bond acceptors (Lipinski definition) is 14. The number of anilines is 2. The lowest BCUT2D eigenvalue weighted by Gasteiger charge is -2.39. The summed E-state index contributed by atoms with van der Waals surface area (Å²) in [5, 5.41) is 33.0. The minimum atomic E-state index is -3.12. The van der Waals surface area contributed by atoms with Crippen LogP contribution in [-0.2, 0) is 40.1 Å². The van der Waals surface area contributed by atoms with Crippen molar-refractivity contribution in [3.63, 3.8) is 0 Å². The molecule has 0 spiro atoms. The number of piperidine rings is 2. The lowest BCUT2D eigenvalue weighted by molar-refractivity contribution is 0.309. The highest BCUT2D eigenvalue weighted by molar-refractivity contribution is 7.89. The average Bonchev–Trinajstić information content (AvgIpc) is 3.83. The van der Waals surface area contributed by atoms with Gasteiger partial charge in [-0.1, -0.05) is 48.5 Å². The van der Waals surface area contributed by atoms with Crippen molar-refractivity contribution in [3.05, 3.63) is 132 Å². The van der Waals surface area contributed by atoms with Crippen molar-refractivity contribution in [2.24, 2.45) is 0 Å². The van der Waals surface area contributed by atoms with E-state index in [9.17, 15) is 33.7 Å². The number of H-pyrrole nitrogens is 4. The maximum atomic E-state index is 11.8. The van der Waals surface area contributed by atoms with Gasteiger partial charge in [0.1, 0.15) is 0 Å². The fraction of sp³-hybridized carbons (Fsp3) is 0.424. The molecule has 0 saturated carbocycles. The molecule has 13 rings (SSSR count). The number of rotatable bonds is 9. The van der Waals surface area contributed by atoms with Crippen LogP contribution in [0.25, 0.3) is 54.7 Å². The SMILES string of the molecule is CC1CN(c2cccc3[nH]ncc23)CCN1S(C)(=O)=O.CS(=O)(=O)N1CCC(c2cc(-c3ccccc3)cc3[nH]ncc23)CC1.Cc1cc(C2CCN(S(C)(=O)=O)CC2)c2cn[nH]c2c1.Cc1cc(N2CCN(S(C)(=O)=O)CC2)c2cn[nH]c2c1. The number of aromatic nitrogens is 8. The first kappa shape index (κ1) is 61.3. The van der Waals surface area contributed by atoms with Gasteiger partial charge in [-0.3, -0.25) is 20.4 Å². The third kappa shape index (κ3) is 14.4. The van der Waals surface area contributed by atoms with Crippen LogP contribution in [0.1, 0.15) is 66.7 Å². The summed E-state index contributed by atoms with van der Waals surface area (Å²) >= 11 is 0. The van der Waals surface area contributed by atoms with E-state index >= 15 is 0 Å². The van der Waals surface area contributed by atoms with Crippen molar-refractivity contribution < 1.29 is 33.7 Å². The Hall–Kier alpha value is -6.78. The molecule has 4 aliphatic rings. The van der Waals surface area contributed by atoms with Gasteiger partial charge in [-0.15, -0.1) is 0 Å². The Labute approximate surface area is 498 Å². The van der Waals surface area contributed by atoms with Gasteiger partial charge in [0, 0.05) is 111 Å². The molecule has 22 nitrogen and oxygen atoms in total. The second kappa shape index (κ2) is 25.3. The van der Waals surface area contributed by atoms with Crippen molar-refractivity contribution in [1.29, 1.82) is 0 Å². The molecule has 4 fully saturated rings. The third-order valence-corrected chi connectivity index (χ3v) is 22.0. The van der Waals surface area contributed by atoms with Gasteiger partial charge in [0.2, 0.25) is 40.1 Å². The molecular formula is C59H76N14O8S4. The van der Waals surface area contributed by atoms with Crippen LogP contribution < -0.4 is 9.80 Å². The summed E-state index contributed by atoms with van der Waals surface area (Å²) in [6.45, 7) is 12.8. The molecular weight excluding hydrogens is 1160 g/mol. The zero-order valence-electron chi connectivity index (χ0n) is 49.1. The van der Waals surface area contributed by atoms with Crippen LogP contribution in [0, 0.1) is 13.8 Å². The van der Waals surface area contributed by atoms with E-state index in [4.69, 9.17) is 0 Å². The highest BCUT2D eigenvalue weighted by atomic mass is 32.2. The van der Waals surface area contributed by atoms with E-state index in [0.717, 1.165) is 86.2 Å². The van der Waals surface area contributed by atoms with Gasteiger partial charge < -0.3 is 9.80 Å². The number of benzene rings is 5. The van der Waals surface area contributed by atoms with Gasteiger partial charge in [-0.05, 0) is 128 Å². The number of aryl methyl sites for hydroxylation is 2. The predicted octanol–water partition coefficient (Wildman–Crippen LogP) is 7.37. The molecule has 454 valence electrons. The fourth-order valence-electron chi connectivity index (χ4n) is 12.4. The fourth-order valence-corrected chi connectivity index (χ4v) is 16.1. The minimum absolute atomic E-state index is 0.0269. The summed E-state index contributed by atoms with van der Waals surface area (Å²) in [5.41, 5.74) is 13.6. The molecule has 4 aliphatic heterocycles. The number of sulfonamides is 4. The molecule has 4 N–H and O–H groups in total. The van der Waals surface area contributed by atoms with E-state index in [1.165, 1.54) is 57.1 Å². The monoisotopic (exact) mass is 1240 g/mol. The van der Waals surface area contributed by atoms with Gasteiger partial charge >= 0.3 is 0 Å². The first-order chi connectivity index (χ1) is 40.4. The van der Waals surface area contributed by atoms with E-state index in [0.29, 0.717) is 83.8 Å². The van der Waals surface area contributed by atoms with Gasteiger partial charge in [0.05, 0.1) is 71.9 Å². The lowest BCUT2D eigenvalue weighted by Crippen LogP contribution is -2.53. The summed E-state index contributed by atoms with van der Waals surface area (Å²) in [6, 6.07) is 29.2. The Balaban J connectivity index is 0.000000127. The zero-order chi connectivity index (χ0) is 60.4. The van der Waals surface area contributed by atoms with E-state index in [2.05, 4.69) is 119 Å². The molecule has 1 unspecified atom stereocenters. The minimum Gasteiger partial charge on any atom is -0.368 e. The molecule has 4 aromatic heterocycles. The molecule has 9 aromatic rings. The van der Waals surface area contributed by atoms with Crippen molar-refractivity contribution in [2.45, 2.75) is 64.3 Å². The Morgan fingerprint density at radius 2 is 0.859 bits per heavy atom. The maximum Gasteiger partial charge on any atom is 0.211 e. The normalized spacial score (nSPS) is 18.7. The summed E-state index contributed by atoms with van der Waals surface area (Å²) in [5.74, 6) is 0.759. The molecule has 1 atom stereocenters. The average molecular weight is 1240 g/mol. The zero-order valence-corrected chi connectivity index (χ0v) is 52.4. The smallest absolute Gasteiger partial charge is 0.211 e. The van der Waals surface area contributed by atoms with Crippen LogP contribution in [0.5, 0.6) is 0 Å². The number of fused-ring (bicyclic) bond motifs is 4. The first-order valence-corrected chi connectivity index (χ1v) is 35.9. The highest BCUT2D eigenvalue weighted by Gasteiger charge is 2.32. The summed E-state index contributed by atoms with van der Waals surface area (Å²) in [6.07, 6.45) is 15.9. The molecule has 26 heteroatoms. The van der Waals surface area contributed by atoms with Crippen LogP contribution in [0.15, 0.2) is 110 Å². The molecule has 8 heterocycles. The van der Waals surface area contributed by atoms with Crippen molar-refractivity contribution in [2.75, 3.05) is 107 Å². The maximum absolute atomic E-state index is 11.8. The van der Waals surface area contributed by atoms with Crippen LogP contribution in [0.3, 0.4) is 0 Å². The molecule has 4 saturated heterocycles. The molecule has 0 aliphatic carbocycles. The van der Waals surface area contributed by atoms with Gasteiger partial charge in [0.25, 0.3) is 0 Å². The second-order valence-electron chi connectivity index (χ2n) is 22.9. The molecule has 0 bridgehead atoms. The molecule has 85 heavy (non-hydrogen) atoms. The molecule has 0 radical (unpaired) electrons. The molecule has 5 aromatic carbocycles. The summed E-state index contributed by atoms with van der Waals surface area (Å²) in [7, 11) is -12.4. The van der Waals surface area contributed by atoms with E-state index in [1.54, 1.807) is 12.9 Å². The Morgan fingerprint density at radius 1 is 0.412 bits per heavy atom. The standard InChI is InChI=1S/C19H21N3O2S.C14H19N3O2S.2C13H18N4O2S/c1-25(23,24)22-9-7-15(8-10-22)17-11-16(14-5-3-2-4-6-14)12-19-18(17)13-20-21-19;1-10-7-12(13-9-15-16-14(13)8-10)11-3-5-17(6-4-11)20(2,18)19;1-10-7-12-11(9-14-15-12)13(8-10)16-3-5-17(6-4-16)20(2,18)19;1-10-9-16(6-7-17(10)20(2,18)19)13-5-3-4-12-11(13)8-14-15-12/h2-6,11-13,15H,7-10H2,1H3,(H,20,21);7-9,11H,3-6H2,1-2H3,(H,15,16);7-9H,3-6H2,1-2H3,(H,14,15);3-5,8,10H,6-7,9H2,1-2H3,(H,14,15). The van der Waals surface area contributed by atoms with Crippen molar-refractivity contribution in [1.82, 2.24) is 58.0 Å². The molecule has 0 amide bonds.